The zero-order valence-electron chi connectivity index (χ0n) is 8.99. The molecule has 1 rings (SSSR count). The highest BCUT2D eigenvalue weighted by molar-refractivity contribution is 5.76. The molecule has 0 saturated carbocycles. The van der Waals surface area contributed by atoms with Crippen LogP contribution in [0.3, 0.4) is 0 Å². The lowest BCUT2D eigenvalue weighted by Gasteiger charge is -2.26. The van der Waals surface area contributed by atoms with Crippen molar-refractivity contribution in [3.63, 3.8) is 0 Å². The van der Waals surface area contributed by atoms with Gasteiger partial charge < -0.3 is 4.74 Å². The van der Waals surface area contributed by atoms with E-state index in [1.807, 2.05) is 13.8 Å². The van der Waals surface area contributed by atoms with Crippen LogP contribution in [-0.2, 0) is 14.4 Å². The second-order valence-corrected chi connectivity index (χ2v) is 3.57. The number of ether oxygens (including phenoxy) is 1. The van der Waals surface area contributed by atoms with E-state index in [0.717, 1.165) is 19.3 Å². The van der Waals surface area contributed by atoms with E-state index in [2.05, 4.69) is 0 Å². The molecule has 1 amide bonds. The van der Waals surface area contributed by atoms with Gasteiger partial charge in [0.2, 0.25) is 0 Å². The Morgan fingerprint density at radius 2 is 2.36 bits per heavy atom. The summed E-state index contributed by atoms with van der Waals surface area (Å²) in [5, 5.41) is 1.42. The van der Waals surface area contributed by atoms with Gasteiger partial charge in [-0.2, -0.15) is 0 Å². The molecule has 0 bridgehead atoms. The minimum Gasteiger partial charge on any atom is -0.369 e. The number of rotatable bonds is 4. The van der Waals surface area contributed by atoms with Crippen molar-refractivity contribution in [3.8, 4) is 0 Å². The molecule has 1 heterocycles. The van der Waals surface area contributed by atoms with E-state index >= 15 is 0 Å². The minimum absolute atomic E-state index is 0.0648. The number of amides is 1. The third kappa shape index (κ3) is 3.64. The van der Waals surface area contributed by atoms with E-state index in [1.54, 1.807) is 0 Å². The van der Waals surface area contributed by atoms with Gasteiger partial charge in [-0.25, -0.2) is 5.06 Å². The molecule has 1 aliphatic rings. The van der Waals surface area contributed by atoms with Crippen molar-refractivity contribution in [2.45, 2.75) is 39.2 Å². The van der Waals surface area contributed by atoms with Gasteiger partial charge >= 0.3 is 0 Å². The van der Waals surface area contributed by atoms with Crippen molar-refractivity contribution in [3.05, 3.63) is 0 Å². The van der Waals surface area contributed by atoms with Crippen LogP contribution in [0.1, 0.15) is 33.1 Å². The quantitative estimate of drug-likeness (QED) is 0.689. The average Bonchev–Trinajstić information content (AvgIpc) is 2.26. The number of nitrogens with zero attached hydrogens (tertiary/aromatic N) is 1. The summed E-state index contributed by atoms with van der Waals surface area (Å²) in [5.74, 6) is -0.0648. The molecular formula is C10H19NO3. The number of carbonyl (C=O) groups is 1. The van der Waals surface area contributed by atoms with Crippen LogP contribution in [0.4, 0.5) is 0 Å². The van der Waals surface area contributed by atoms with Crippen LogP contribution >= 0.6 is 0 Å². The molecule has 0 N–H and O–H groups in total. The monoisotopic (exact) mass is 201 g/mol. The fourth-order valence-electron chi connectivity index (χ4n) is 1.20. The largest absolute Gasteiger partial charge is 0.369 e. The molecule has 0 aromatic carbocycles. The van der Waals surface area contributed by atoms with Gasteiger partial charge in [-0.15, -0.1) is 0 Å². The molecule has 0 aromatic rings. The van der Waals surface area contributed by atoms with Crippen LogP contribution in [0.25, 0.3) is 0 Å². The molecule has 1 aliphatic heterocycles. The topological polar surface area (TPSA) is 38.8 Å². The lowest BCUT2D eigenvalue weighted by atomic mass is 10.3. The second kappa shape index (κ2) is 5.98. The van der Waals surface area contributed by atoms with Gasteiger partial charge in [0.25, 0.3) is 5.91 Å². The molecule has 0 aromatic heterocycles. The first-order valence-electron chi connectivity index (χ1n) is 5.29. The maximum Gasteiger partial charge on any atom is 0.272 e. The zero-order valence-corrected chi connectivity index (χ0v) is 8.99. The van der Waals surface area contributed by atoms with Crippen molar-refractivity contribution >= 4 is 5.91 Å². The van der Waals surface area contributed by atoms with Crippen molar-refractivity contribution in [1.82, 2.24) is 5.06 Å². The molecule has 14 heavy (non-hydrogen) atoms. The van der Waals surface area contributed by atoms with Crippen LogP contribution in [-0.4, -0.2) is 36.8 Å². The van der Waals surface area contributed by atoms with Crippen molar-refractivity contribution in [2.24, 2.45) is 0 Å². The molecular weight excluding hydrogens is 182 g/mol. The first-order valence-corrected chi connectivity index (χ1v) is 5.29. The first kappa shape index (κ1) is 11.5. The van der Waals surface area contributed by atoms with Gasteiger partial charge in [0.05, 0.1) is 12.7 Å². The number of hydroxylamine groups is 2. The van der Waals surface area contributed by atoms with Crippen molar-refractivity contribution < 1.29 is 14.4 Å². The van der Waals surface area contributed by atoms with Crippen LogP contribution in [0.2, 0.25) is 0 Å². The van der Waals surface area contributed by atoms with Crippen molar-refractivity contribution in [1.29, 1.82) is 0 Å². The van der Waals surface area contributed by atoms with Crippen LogP contribution in [0.15, 0.2) is 0 Å². The summed E-state index contributed by atoms with van der Waals surface area (Å²) in [6.07, 6.45) is 3.13. The number of carbonyl (C=O) groups excluding carboxylic acids is 1. The third-order valence-corrected chi connectivity index (χ3v) is 2.35. The summed E-state index contributed by atoms with van der Waals surface area (Å²) in [6.45, 7) is 5.48. The van der Waals surface area contributed by atoms with Gasteiger partial charge in [-0.1, -0.05) is 6.92 Å². The SMILES string of the molecule is CCC(C)OCC(=O)N1CCCCO1. The predicted molar refractivity (Wildman–Crippen MR) is 52.6 cm³/mol. The summed E-state index contributed by atoms with van der Waals surface area (Å²) < 4.78 is 5.33. The molecule has 4 nitrogen and oxygen atoms in total. The lowest BCUT2D eigenvalue weighted by Crippen LogP contribution is -2.38. The molecule has 4 heteroatoms. The number of hydrogen-bond donors (Lipinski definition) is 0. The van der Waals surface area contributed by atoms with E-state index in [0.29, 0.717) is 13.2 Å². The Morgan fingerprint density at radius 3 is 2.93 bits per heavy atom. The standard InChI is InChI=1S/C10H19NO3/c1-3-9(2)13-8-10(12)11-6-4-5-7-14-11/h9H,3-8H2,1-2H3. The lowest BCUT2D eigenvalue weighted by molar-refractivity contribution is -0.202. The molecule has 1 fully saturated rings. The number of hydrogen-bond acceptors (Lipinski definition) is 3. The molecule has 82 valence electrons. The highest BCUT2D eigenvalue weighted by atomic mass is 16.7. The van der Waals surface area contributed by atoms with E-state index in [1.165, 1.54) is 5.06 Å². The fourth-order valence-corrected chi connectivity index (χ4v) is 1.20. The van der Waals surface area contributed by atoms with Crippen molar-refractivity contribution in [2.75, 3.05) is 19.8 Å². The van der Waals surface area contributed by atoms with Gasteiger partial charge in [0.15, 0.2) is 0 Å². The Kier molecular flexibility index (Phi) is 4.90. The molecule has 0 spiro atoms. The Labute approximate surface area is 85.1 Å². The van der Waals surface area contributed by atoms with Crippen LogP contribution in [0, 0.1) is 0 Å². The molecule has 1 saturated heterocycles. The first-order chi connectivity index (χ1) is 6.74. The van der Waals surface area contributed by atoms with E-state index < -0.39 is 0 Å². The molecule has 1 atom stereocenters. The summed E-state index contributed by atoms with van der Waals surface area (Å²) in [4.78, 5) is 16.7. The van der Waals surface area contributed by atoms with Crippen LogP contribution in [0.5, 0.6) is 0 Å². The Bertz CT molecular complexity index is 178. The van der Waals surface area contributed by atoms with Gasteiger partial charge in [0.1, 0.15) is 6.61 Å². The fraction of sp³-hybridized carbons (Fsp3) is 0.900. The molecule has 1 unspecified atom stereocenters. The second-order valence-electron chi connectivity index (χ2n) is 3.57. The Balaban J connectivity index is 2.19. The Morgan fingerprint density at radius 1 is 1.57 bits per heavy atom. The summed E-state index contributed by atoms with van der Waals surface area (Å²) in [6, 6.07) is 0. The molecule has 0 radical (unpaired) electrons. The van der Waals surface area contributed by atoms with Gasteiger partial charge in [-0.3, -0.25) is 9.63 Å². The van der Waals surface area contributed by atoms with Gasteiger partial charge in [-0.05, 0) is 26.2 Å². The van der Waals surface area contributed by atoms with E-state index in [4.69, 9.17) is 9.57 Å². The average molecular weight is 201 g/mol. The minimum atomic E-state index is -0.0648. The summed E-state index contributed by atoms with van der Waals surface area (Å²) in [5.41, 5.74) is 0. The highest BCUT2D eigenvalue weighted by Crippen LogP contribution is 2.06. The van der Waals surface area contributed by atoms with E-state index in [9.17, 15) is 4.79 Å². The smallest absolute Gasteiger partial charge is 0.272 e. The van der Waals surface area contributed by atoms with E-state index in [-0.39, 0.29) is 18.6 Å². The maximum absolute atomic E-state index is 11.5. The Hall–Kier alpha value is -0.610. The predicted octanol–water partition coefficient (Wildman–Crippen LogP) is 1.36. The maximum atomic E-state index is 11.5. The van der Waals surface area contributed by atoms with Gasteiger partial charge in [0, 0.05) is 6.54 Å². The summed E-state index contributed by atoms with van der Waals surface area (Å²) >= 11 is 0. The normalized spacial score (nSPS) is 19.4. The molecule has 0 aliphatic carbocycles. The highest BCUT2D eigenvalue weighted by Gasteiger charge is 2.18. The third-order valence-electron chi connectivity index (χ3n) is 2.35. The zero-order chi connectivity index (χ0) is 10.4. The summed E-state index contributed by atoms with van der Waals surface area (Å²) in [7, 11) is 0. The van der Waals surface area contributed by atoms with Crippen LogP contribution < -0.4 is 0 Å².